The first-order chi connectivity index (χ1) is 25.4. The molecule has 0 aliphatic carbocycles. The summed E-state index contributed by atoms with van der Waals surface area (Å²) in [5, 5.41) is 0. The van der Waals surface area contributed by atoms with E-state index in [0.29, 0.717) is 50.4 Å². The summed E-state index contributed by atoms with van der Waals surface area (Å²) in [5.41, 5.74) is -0.0427. The van der Waals surface area contributed by atoms with Gasteiger partial charge in [0.05, 0.1) is 26.4 Å². The van der Waals surface area contributed by atoms with Gasteiger partial charge in [-0.15, -0.1) is 0 Å². The molecule has 0 saturated heterocycles. The van der Waals surface area contributed by atoms with Crippen molar-refractivity contribution in [3.8, 4) is 23.0 Å². The highest BCUT2D eigenvalue weighted by molar-refractivity contribution is 5.81. The van der Waals surface area contributed by atoms with Crippen LogP contribution in [-0.4, -0.2) is 50.3 Å². The van der Waals surface area contributed by atoms with Crippen LogP contribution in [0, 0.1) is 6.92 Å². The number of rotatable bonds is 22. The Morgan fingerprint density at radius 1 is 0.604 bits per heavy atom. The molecule has 0 radical (unpaired) electrons. The molecule has 0 aliphatic rings. The van der Waals surface area contributed by atoms with Gasteiger partial charge in [-0.25, -0.2) is 9.59 Å². The Labute approximate surface area is 306 Å². The molecular weight excluding hydrogens is 697 g/mol. The number of ether oxygens (including phenoxy) is 6. The van der Waals surface area contributed by atoms with Crippen molar-refractivity contribution < 1.29 is 60.8 Å². The third-order valence-corrected chi connectivity index (χ3v) is 7.63. The molecule has 0 saturated carbocycles. The molecule has 13 heteroatoms. The molecule has 0 bridgehead atoms. The van der Waals surface area contributed by atoms with E-state index in [1.165, 1.54) is 6.07 Å². The van der Waals surface area contributed by atoms with E-state index in [9.17, 15) is 32.3 Å². The molecule has 0 aliphatic heterocycles. The standard InChI is InChI=1S/C40H43F3O10/c1-4-35(44)50-26-8-6-24-48-31-16-10-29(11-17-31)14-22-37(46)52-33-20-21-34(39(28(33)3)40(41,42)43)53-38(47)23-15-30-12-18-32(19-13-30)49-25-7-9-27-51-36(45)5-2/h4-5,10-13,16-21H,1-2,6-9,14-15,22-27H2,3H3. The summed E-state index contributed by atoms with van der Waals surface area (Å²) in [5.74, 6) is -2.30. The van der Waals surface area contributed by atoms with Crippen molar-refractivity contribution in [2.24, 2.45) is 0 Å². The maximum absolute atomic E-state index is 14.1. The first kappa shape index (κ1) is 41.8. The maximum atomic E-state index is 14.1. The minimum absolute atomic E-state index is 0.0940. The van der Waals surface area contributed by atoms with Gasteiger partial charge in [0.15, 0.2) is 0 Å². The fourth-order valence-electron chi connectivity index (χ4n) is 4.81. The van der Waals surface area contributed by atoms with Gasteiger partial charge >= 0.3 is 30.1 Å². The summed E-state index contributed by atoms with van der Waals surface area (Å²) in [7, 11) is 0. The molecule has 3 rings (SSSR count). The summed E-state index contributed by atoms with van der Waals surface area (Å²) >= 11 is 0. The molecular formula is C40H43F3O10. The molecule has 0 unspecified atom stereocenters. The molecule has 0 aromatic heterocycles. The molecule has 0 amide bonds. The Balaban J connectivity index is 1.45. The lowest BCUT2D eigenvalue weighted by Gasteiger charge is -2.18. The van der Waals surface area contributed by atoms with Gasteiger partial charge in [0.1, 0.15) is 28.6 Å². The lowest BCUT2D eigenvalue weighted by molar-refractivity contribution is -0.143. The Morgan fingerprint density at radius 3 is 1.42 bits per heavy atom. The van der Waals surface area contributed by atoms with Crippen LogP contribution >= 0.6 is 0 Å². The van der Waals surface area contributed by atoms with Crippen LogP contribution in [0.5, 0.6) is 23.0 Å². The topological polar surface area (TPSA) is 124 Å². The Kier molecular flexibility index (Phi) is 17.1. The number of carbonyl (C=O) groups excluding carboxylic acids is 4. The second kappa shape index (κ2) is 21.7. The van der Waals surface area contributed by atoms with E-state index in [0.717, 1.165) is 36.3 Å². The lowest BCUT2D eigenvalue weighted by Crippen LogP contribution is -2.17. The van der Waals surface area contributed by atoms with Crippen molar-refractivity contribution in [1.29, 1.82) is 0 Å². The Morgan fingerprint density at radius 2 is 1.00 bits per heavy atom. The van der Waals surface area contributed by atoms with Gasteiger partial charge in [0.25, 0.3) is 0 Å². The highest BCUT2D eigenvalue weighted by Crippen LogP contribution is 2.42. The zero-order valence-electron chi connectivity index (χ0n) is 29.5. The number of hydrogen-bond donors (Lipinski definition) is 0. The van der Waals surface area contributed by atoms with E-state index >= 15 is 0 Å². The number of unbranched alkanes of at least 4 members (excludes halogenated alkanes) is 2. The number of esters is 4. The average Bonchev–Trinajstić information content (AvgIpc) is 3.14. The molecule has 0 fully saturated rings. The largest absolute Gasteiger partial charge is 0.494 e. The fourth-order valence-corrected chi connectivity index (χ4v) is 4.81. The average molecular weight is 741 g/mol. The van der Waals surface area contributed by atoms with Crippen LogP contribution in [0.4, 0.5) is 13.2 Å². The molecule has 0 heterocycles. The maximum Gasteiger partial charge on any atom is 0.420 e. The second-order valence-electron chi connectivity index (χ2n) is 11.7. The van der Waals surface area contributed by atoms with Crippen LogP contribution in [0.25, 0.3) is 0 Å². The van der Waals surface area contributed by atoms with E-state index in [1.807, 2.05) is 0 Å². The van der Waals surface area contributed by atoms with Crippen LogP contribution in [-0.2, 0) is 47.7 Å². The Bertz CT molecular complexity index is 1680. The number of benzene rings is 3. The predicted octanol–water partition coefficient (Wildman–Crippen LogP) is 7.87. The normalized spacial score (nSPS) is 10.9. The van der Waals surface area contributed by atoms with Gasteiger partial charge in [-0.2, -0.15) is 13.2 Å². The van der Waals surface area contributed by atoms with Gasteiger partial charge in [0, 0.05) is 30.6 Å². The molecule has 0 N–H and O–H groups in total. The number of alkyl halides is 3. The van der Waals surface area contributed by atoms with Gasteiger partial charge in [-0.3, -0.25) is 9.59 Å². The van der Waals surface area contributed by atoms with Crippen molar-refractivity contribution in [1.82, 2.24) is 0 Å². The molecule has 53 heavy (non-hydrogen) atoms. The van der Waals surface area contributed by atoms with Crippen molar-refractivity contribution >= 4 is 23.9 Å². The summed E-state index contributed by atoms with van der Waals surface area (Å²) in [6, 6.07) is 16.1. The van der Waals surface area contributed by atoms with Crippen LogP contribution in [0.15, 0.2) is 86.0 Å². The van der Waals surface area contributed by atoms with E-state index < -0.39 is 41.4 Å². The second-order valence-corrected chi connectivity index (χ2v) is 11.7. The third kappa shape index (κ3) is 15.3. The van der Waals surface area contributed by atoms with E-state index in [-0.39, 0.29) is 50.2 Å². The zero-order valence-corrected chi connectivity index (χ0v) is 29.5. The van der Waals surface area contributed by atoms with E-state index in [2.05, 4.69) is 13.2 Å². The van der Waals surface area contributed by atoms with Crippen LogP contribution in [0.2, 0.25) is 0 Å². The van der Waals surface area contributed by atoms with Gasteiger partial charge in [-0.05, 0) is 93.0 Å². The minimum atomic E-state index is -4.89. The SMILES string of the molecule is C=CC(=O)OCCCCOc1ccc(CCC(=O)Oc2ccc(OC(=O)CCc3ccc(OCCCCOC(=O)C=C)cc3)c(C(F)(F)F)c2C)cc1. The zero-order chi connectivity index (χ0) is 38.6. The summed E-state index contributed by atoms with van der Waals surface area (Å²) < 4.78 is 74.0. The summed E-state index contributed by atoms with van der Waals surface area (Å²) in [6.07, 6.45) is 0.120. The Hall–Kier alpha value is -5.59. The summed E-state index contributed by atoms with van der Waals surface area (Å²) in [6.45, 7) is 9.17. The molecule has 3 aromatic carbocycles. The first-order valence-corrected chi connectivity index (χ1v) is 17.0. The molecule has 284 valence electrons. The van der Waals surface area contributed by atoms with Crippen molar-refractivity contribution in [3.63, 3.8) is 0 Å². The third-order valence-electron chi connectivity index (χ3n) is 7.63. The quantitative estimate of drug-likeness (QED) is 0.0435. The van der Waals surface area contributed by atoms with Crippen molar-refractivity contribution in [2.45, 2.75) is 64.5 Å². The fraction of sp³-hybridized carbons (Fsp3) is 0.350. The van der Waals surface area contributed by atoms with Crippen molar-refractivity contribution in [3.05, 3.63) is 108 Å². The van der Waals surface area contributed by atoms with E-state index in [1.54, 1.807) is 48.5 Å². The predicted molar refractivity (Wildman–Crippen MR) is 189 cm³/mol. The smallest absolute Gasteiger partial charge is 0.420 e. The highest BCUT2D eigenvalue weighted by Gasteiger charge is 2.38. The van der Waals surface area contributed by atoms with Crippen LogP contribution in [0.3, 0.4) is 0 Å². The number of carbonyl (C=O) groups is 4. The summed E-state index contributed by atoms with van der Waals surface area (Å²) in [4.78, 5) is 47.3. The molecule has 0 spiro atoms. The van der Waals surface area contributed by atoms with Crippen molar-refractivity contribution in [2.75, 3.05) is 26.4 Å². The number of halogens is 3. The van der Waals surface area contributed by atoms with Crippen LogP contribution in [0.1, 0.15) is 60.8 Å². The molecule has 10 nitrogen and oxygen atoms in total. The first-order valence-electron chi connectivity index (χ1n) is 17.0. The lowest BCUT2D eigenvalue weighted by atomic mass is 10.1. The highest BCUT2D eigenvalue weighted by atomic mass is 19.4. The monoisotopic (exact) mass is 740 g/mol. The minimum Gasteiger partial charge on any atom is -0.494 e. The van der Waals surface area contributed by atoms with E-state index in [4.69, 9.17) is 28.4 Å². The van der Waals surface area contributed by atoms with Gasteiger partial charge < -0.3 is 28.4 Å². The number of hydrogen-bond acceptors (Lipinski definition) is 10. The number of aryl methyl sites for hydroxylation is 2. The van der Waals surface area contributed by atoms with Gasteiger partial charge in [0.2, 0.25) is 0 Å². The molecule has 0 atom stereocenters. The van der Waals surface area contributed by atoms with Crippen LogP contribution < -0.4 is 18.9 Å². The molecule has 3 aromatic rings. The van der Waals surface area contributed by atoms with Gasteiger partial charge in [-0.1, -0.05) is 37.4 Å².